The summed E-state index contributed by atoms with van der Waals surface area (Å²) in [5.74, 6) is -0.895. The highest BCUT2D eigenvalue weighted by molar-refractivity contribution is 6.31. The summed E-state index contributed by atoms with van der Waals surface area (Å²) in [6, 6.07) is 1.82. The van der Waals surface area contributed by atoms with Gasteiger partial charge in [0.15, 0.2) is 17.6 Å². The van der Waals surface area contributed by atoms with Crippen LogP contribution in [0.4, 0.5) is 4.79 Å². The van der Waals surface area contributed by atoms with Crippen LogP contribution in [0.3, 0.4) is 0 Å². The Morgan fingerprint density at radius 2 is 2.00 bits per heavy atom. The molecule has 0 aromatic heterocycles. The maximum Gasteiger partial charge on any atom is 0.347 e. The molecule has 1 aliphatic heterocycles. The third-order valence-corrected chi connectivity index (χ3v) is 4.58. The van der Waals surface area contributed by atoms with Crippen molar-refractivity contribution >= 4 is 29.4 Å². The second-order valence-corrected chi connectivity index (χ2v) is 6.63. The number of ether oxygens (including phenoxy) is 3. The number of hydrogen-bond donors (Lipinski definition) is 2. The van der Waals surface area contributed by atoms with Crippen molar-refractivity contribution in [1.29, 1.82) is 0 Å². The van der Waals surface area contributed by atoms with E-state index in [1.54, 1.807) is 19.9 Å². The van der Waals surface area contributed by atoms with Crippen LogP contribution in [0.15, 0.2) is 24.4 Å². The molecule has 1 heterocycles. The summed E-state index contributed by atoms with van der Waals surface area (Å²) in [7, 11) is 1.43. The molecule has 152 valence electrons. The van der Waals surface area contributed by atoms with Crippen LogP contribution in [-0.2, 0) is 14.3 Å². The van der Waals surface area contributed by atoms with Crippen LogP contribution in [0.1, 0.15) is 32.4 Å². The molecule has 1 saturated heterocycles. The predicted molar refractivity (Wildman–Crippen MR) is 102 cm³/mol. The van der Waals surface area contributed by atoms with Crippen molar-refractivity contribution in [2.45, 2.75) is 32.9 Å². The third-order valence-electron chi connectivity index (χ3n) is 4.25. The fourth-order valence-electron chi connectivity index (χ4n) is 2.96. The lowest BCUT2D eigenvalue weighted by Gasteiger charge is -2.34. The molecule has 2 N–H and O–H groups in total. The van der Waals surface area contributed by atoms with Gasteiger partial charge in [-0.25, -0.2) is 9.59 Å². The van der Waals surface area contributed by atoms with Gasteiger partial charge in [-0.05, 0) is 32.4 Å². The number of nitrogens with one attached hydrogen (secondary N) is 2. The summed E-state index contributed by atoms with van der Waals surface area (Å²) in [6.07, 6.45) is -0.876. The fourth-order valence-corrected chi connectivity index (χ4v) is 3.23. The molecule has 1 aromatic rings. The van der Waals surface area contributed by atoms with E-state index in [0.29, 0.717) is 5.56 Å². The molecule has 2 amide bonds. The number of benzene rings is 1. The monoisotopic (exact) mass is 410 g/mol. The Balaban J connectivity index is 2.41. The summed E-state index contributed by atoms with van der Waals surface area (Å²) in [4.78, 5) is 35.8. The standard InChI is InChI=1S/C19H23ClN2O6/c1-6-27-18(24)11(4)28-15-8-13(20)12(7-14(15)26-5)17-16(10(3)23)9(2)21-19(25)22-17/h7-8,11,16-17H,2,6H2,1,3-5H3,(H2,21,22,25)/t11-,16+,17+/m0/s1. The normalized spacial score (nSPS) is 19.9. The lowest BCUT2D eigenvalue weighted by molar-refractivity contribution is -0.150. The zero-order chi connectivity index (χ0) is 21.0. The van der Waals surface area contributed by atoms with Crippen molar-refractivity contribution in [1.82, 2.24) is 10.6 Å². The molecule has 2 rings (SSSR count). The van der Waals surface area contributed by atoms with Gasteiger partial charge in [-0.3, -0.25) is 4.79 Å². The smallest absolute Gasteiger partial charge is 0.347 e. The minimum atomic E-state index is -0.876. The second-order valence-electron chi connectivity index (χ2n) is 6.23. The molecule has 9 heteroatoms. The number of hydrogen-bond acceptors (Lipinski definition) is 6. The Morgan fingerprint density at radius 3 is 2.57 bits per heavy atom. The number of esters is 1. The van der Waals surface area contributed by atoms with Crippen molar-refractivity contribution < 1.29 is 28.6 Å². The van der Waals surface area contributed by atoms with E-state index < -0.39 is 30.1 Å². The van der Waals surface area contributed by atoms with E-state index in [2.05, 4.69) is 17.2 Å². The SMILES string of the molecule is C=C1NC(=O)N[C@H](c2cc(OC)c(O[C@@H](C)C(=O)OCC)cc2Cl)[C@H]1C(C)=O. The highest BCUT2D eigenvalue weighted by Crippen LogP contribution is 2.40. The van der Waals surface area contributed by atoms with Crippen LogP contribution in [0.5, 0.6) is 11.5 Å². The van der Waals surface area contributed by atoms with Gasteiger partial charge in [0, 0.05) is 16.8 Å². The van der Waals surface area contributed by atoms with Gasteiger partial charge in [0.25, 0.3) is 0 Å². The molecule has 0 radical (unpaired) electrons. The first-order valence-corrected chi connectivity index (χ1v) is 9.04. The van der Waals surface area contributed by atoms with E-state index in [1.165, 1.54) is 20.1 Å². The lowest BCUT2D eigenvalue weighted by atomic mass is 9.86. The van der Waals surface area contributed by atoms with E-state index in [4.69, 9.17) is 25.8 Å². The van der Waals surface area contributed by atoms with Crippen LogP contribution in [0.25, 0.3) is 0 Å². The van der Waals surface area contributed by atoms with Gasteiger partial charge in [-0.15, -0.1) is 0 Å². The highest BCUT2D eigenvalue weighted by Gasteiger charge is 2.37. The second kappa shape index (κ2) is 8.97. The zero-order valence-electron chi connectivity index (χ0n) is 16.1. The average Bonchev–Trinajstić information content (AvgIpc) is 2.60. The number of halogens is 1. The Kier molecular flexibility index (Phi) is 6.90. The molecule has 28 heavy (non-hydrogen) atoms. The first-order valence-electron chi connectivity index (χ1n) is 8.67. The Labute approximate surface area is 168 Å². The predicted octanol–water partition coefficient (Wildman–Crippen LogP) is 2.75. The van der Waals surface area contributed by atoms with E-state index in [0.717, 1.165) is 0 Å². The van der Waals surface area contributed by atoms with Crippen molar-refractivity contribution in [2.75, 3.05) is 13.7 Å². The van der Waals surface area contributed by atoms with Gasteiger partial charge in [0.2, 0.25) is 0 Å². The van der Waals surface area contributed by atoms with E-state index >= 15 is 0 Å². The maximum absolute atomic E-state index is 12.1. The number of methoxy groups -OCH3 is 1. The summed E-state index contributed by atoms with van der Waals surface area (Å²) >= 11 is 6.42. The molecule has 1 aromatic carbocycles. The quantitative estimate of drug-likeness (QED) is 0.670. The zero-order valence-corrected chi connectivity index (χ0v) is 16.9. The number of ketones is 1. The summed E-state index contributed by atoms with van der Waals surface area (Å²) in [5, 5.41) is 5.43. The Morgan fingerprint density at radius 1 is 1.32 bits per heavy atom. The van der Waals surface area contributed by atoms with Crippen LogP contribution in [0.2, 0.25) is 5.02 Å². The van der Waals surface area contributed by atoms with E-state index in [-0.39, 0.29) is 34.6 Å². The summed E-state index contributed by atoms with van der Waals surface area (Å²) in [6.45, 7) is 8.65. The fraction of sp³-hybridized carbons (Fsp3) is 0.421. The molecule has 0 aliphatic carbocycles. The minimum absolute atomic E-state index is 0.186. The largest absolute Gasteiger partial charge is 0.493 e. The minimum Gasteiger partial charge on any atom is -0.493 e. The van der Waals surface area contributed by atoms with Crippen molar-refractivity contribution in [2.24, 2.45) is 5.92 Å². The van der Waals surface area contributed by atoms with Gasteiger partial charge in [-0.1, -0.05) is 18.2 Å². The first-order chi connectivity index (χ1) is 13.2. The van der Waals surface area contributed by atoms with Gasteiger partial charge in [-0.2, -0.15) is 0 Å². The van der Waals surface area contributed by atoms with Crippen LogP contribution >= 0.6 is 11.6 Å². The molecular formula is C19H23ClN2O6. The molecule has 3 atom stereocenters. The summed E-state index contributed by atoms with van der Waals surface area (Å²) in [5.41, 5.74) is 0.749. The molecular weight excluding hydrogens is 388 g/mol. The topological polar surface area (TPSA) is 103 Å². The number of amides is 2. The van der Waals surface area contributed by atoms with Crippen LogP contribution < -0.4 is 20.1 Å². The van der Waals surface area contributed by atoms with Crippen molar-refractivity contribution in [3.63, 3.8) is 0 Å². The molecule has 1 aliphatic rings. The number of rotatable bonds is 7. The molecule has 1 fully saturated rings. The molecule has 0 unspecified atom stereocenters. The Bertz CT molecular complexity index is 810. The summed E-state index contributed by atoms with van der Waals surface area (Å²) < 4.78 is 15.9. The Hall–Kier alpha value is -2.74. The van der Waals surface area contributed by atoms with Gasteiger partial charge in [0.05, 0.1) is 25.7 Å². The van der Waals surface area contributed by atoms with Crippen molar-refractivity contribution in [3.05, 3.63) is 35.0 Å². The lowest BCUT2D eigenvalue weighted by Crippen LogP contribution is -2.50. The number of urea groups is 1. The van der Waals surface area contributed by atoms with E-state index in [9.17, 15) is 14.4 Å². The third kappa shape index (κ3) is 4.56. The molecule has 0 bridgehead atoms. The van der Waals surface area contributed by atoms with Gasteiger partial charge >= 0.3 is 12.0 Å². The highest BCUT2D eigenvalue weighted by atomic mass is 35.5. The number of Topliss-reactive ketones (excluding diaryl/α,β-unsaturated/α-hetero) is 1. The number of carbonyl (C=O) groups excluding carboxylic acids is 3. The van der Waals surface area contributed by atoms with Crippen molar-refractivity contribution in [3.8, 4) is 11.5 Å². The molecule has 0 saturated carbocycles. The van der Waals surface area contributed by atoms with Gasteiger partial charge in [0.1, 0.15) is 5.78 Å². The molecule has 8 nitrogen and oxygen atoms in total. The maximum atomic E-state index is 12.1. The first kappa shape index (κ1) is 21.6. The number of carbonyl (C=O) groups is 3. The van der Waals surface area contributed by atoms with Crippen LogP contribution in [0, 0.1) is 5.92 Å². The van der Waals surface area contributed by atoms with Crippen LogP contribution in [-0.4, -0.2) is 37.6 Å². The average molecular weight is 411 g/mol. The van der Waals surface area contributed by atoms with E-state index in [1.807, 2.05) is 0 Å². The van der Waals surface area contributed by atoms with Gasteiger partial charge < -0.3 is 24.8 Å². The molecule has 0 spiro atoms.